The summed E-state index contributed by atoms with van der Waals surface area (Å²) in [5.74, 6) is -0.622. The predicted octanol–water partition coefficient (Wildman–Crippen LogP) is 3.80. The molecule has 1 heterocycles. The quantitative estimate of drug-likeness (QED) is 0.907. The molecule has 0 unspecified atom stereocenters. The number of rotatable bonds is 3. The van der Waals surface area contributed by atoms with E-state index in [0.29, 0.717) is 5.69 Å². The van der Waals surface area contributed by atoms with Gasteiger partial charge >= 0.3 is 6.18 Å². The molecule has 1 aliphatic heterocycles. The maximum absolute atomic E-state index is 12.8. The fourth-order valence-corrected chi connectivity index (χ4v) is 2.59. The van der Waals surface area contributed by atoms with Crippen LogP contribution in [0.1, 0.15) is 12.5 Å². The molecule has 3 rings (SSSR count). The summed E-state index contributed by atoms with van der Waals surface area (Å²) in [5.41, 5.74) is -1.70. The van der Waals surface area contributed by atoms with Crippen LogP contribution < -0.4 is 10.3 Å². The molecule has 2 aromatic carbocycles. The van der Waals surface area contributed by atoms with Crippen LogP contribution in [-0.4, -0.2) is 17.2 Å². The maximum Gasteiger partial charge on any atom is 0.416 e. The second-order valence-corrected chi connectivity index (χ2v) is 5.70. The van der Waals surface area contributed by atoms with Crippen LogP contribution in [0.2, 0.25) is 0 Å². The van der Waals surface area contributed by atoms with Crippen LogP contribution in [0, 0.1) is 11.3 Å². The van der Waals surface area contributed by atoms with Gasteiger partial charge in [-0.15, -0.1) is 0 Å². The van der Waals surface area contributed by atoms with Gasteiger partial charge in [-0.1, -0.05) is 18.2 Å². The van der Waals surface area contributed by atoms with Crippen molar-refractivity contribution >= 4 is 23.0 Å². The molecule has 0 fully saturated rings. The number of carbonyl (C=O) groups is 1. The molecular formula is C18H13F3N4O. The number of nitriles is 1. The van der Waals surface area contributed by atoms with Crippen molar-refractivity contribution in [3.63, 3.8) is 0 Å². The number of alkyl halides is 3. The summed E-state index contributed by atoms with van der Waals surface area (Å²) >= 11 is 0. The van der Waals surface area contributed by atoms with Crippen molar-refractivity contribution in [2.75, 3.05) is 10.3 Å². The van der Waals surface area contributed by atoms with Crippen molar-refractivity contribution in [3.8, 4) is 6.07 Å². The highest BCUT2D eigenvalue weighted by atomic mass is 19.4. The molecule has 8 heteroatoms. The smallest absolute Gasteiger partial charge is 0.355 e. The van der Waals surface area contributed by atoms with Crippen molar-refractivity contribution in [2.24, 2.45) is 5.10 Å². The number of hydrogen-bond acceptors (Lipinski definition) is 4. The predicted molar refractivity (Wildman–Crippen MR) is 90.4 cm³/mol. The molecule has 0 radical (unpaired) electrons. The van der Waals surface area contributed by atoms with E-state index >= 15 is 0 Å². The van der Waals surface area contributed by atoms with Gasteiger partial charge < -0.3 is 5.32 Å². The van der Waals surface area contributed by atoms with Crippen LogP contribution >= 0.6 is 0 Å². The SMILES string of the molecule is CC1=NN(c2ccccc2)C(=O)[C@@]1(C#N)Nc1ccc(C(F)(F)F)cc1. The molecule has 0 saturated carbocycles. The largest absolute Gasteiger partial charge is 0.416 e. The Morgan fingerprint density at radius 1 is 1.12 bits per heavy atom. The molecule has 2 aromatic rings. The Morgan fingerprint density at radius 2 is 1.73 bits per heavy atom. The molecular weight excluding hydrogens is 345 g/mol. The minimum atomic E-state index is -4.46. The van der Waals surface area contributed by atoms with E-state index in [1.807, 2.05) is 6.07 Å². The lowest BCUT2D eigenvalue weighted by molar-refractivity contribution is -0.137. The summed E-state index contributed by atoms with van der Waals surface area (Å²) in [6.07, 6.45) is -4.46. The number of hydrogen-bond donors (Lipinski definition) is 1. The first-order valence-electron chi connectivity index (χ1n) is 7.60. The van der Waals surface area contributed by atoms with E-state index in [-0.39, 0.29) is 11.4 Å². The number of nitrogens with one attached hydrogen (secondary N) is 1. The third-order valence-corrected chi connectivity index (χ3v) is 4.02. The maximum atomic E-state index is 12.8. The van der Waals surface area contributed by atoms with Gasteiger partial charge in [0.2, 0.25) is 5.54 Å². The molecule has 0 saturated heterocycles. The number of nitrogens with zero attached hydrogens (tertiary/aromatic N) is 3. The van der Waals surface area contributed by atoms with E-state index < -0.39 is 23.2 Å². The molecule has 0 aliphatic carbocycles. The fourth-order valence-electron chi connectivity index (χ4n) is 2.59. The van der Waals surface area contributed by atoms with E-state index in [2.05, 4.69) is 10.4 Å². The second-order valence-electron chi connectivity index (χ2n) is 5.70. The first-order valence-corrected chi connectivity index (χ1v) is 7.60. The Kier molecular flexibility index (Phi) is 4.16. The second kappa shape index (κ2) is 6.19. The summed E-state index contributed by atoms with van der Waals surface area (Å²) in [6, 6.07) is 14.6. The highest BCUT2D eigenvalue weighted by Crippen LogP contribution is 2.32. The van der Waals surface area contributed by atoms with Gasteiger partial charge in [-0.25, -0.2) is 0 Å². The molecule has 26 heavy (non-hydrogen) atoms. The number of hydrazone groups is 1. The van der Waals surface area contributed by atoms with Gasteiger partial charge in [0, 0.05) is 5.69 Å². The number of benzene rings is 2. The van der Waals surface area contributed by atoms with Gasteiger partial charge in [0.05, 0.1) is 17.0 Å². The molecule has 0 bridgehead atoms. The average Bonchev–Trinajstić information content (AvgIpc) is 2.87. The Balaban J connectivity index is 1.91. The van der Waals surface area contributed by atoms with Crippen molar-refractivity contribution in [2.45, 2.75) is 18.6 Å². The summed E-state index contributed by atoms with van der Waals surface area (Å²) in [7, 11) is 0. The van der Waals surface area contributed by atoms with E-state index in [4.69, 9.17) is 0 Å². The Labute approximate surface area is 147 Å². The Morgan fingerprint density at radius 3 is 2.27 bits per heavy atom. The minimum absolute atomic E-state index is 0.203. The van der Waals surface area contributed by atoms with Gasteiger partial charge in [0.25, 0.3) is 5.91 Å². The summed E-state index contributed by atoms with van der Waals surface area (Å²) in [6.45, 7) is 1.52. The van der Waals surface area contributed by atoms with Crippen molar-refractivity contribution in [1.29, 1.82) is 5.26 Å². The van der Waals surface area contributed by atoms with Crippen LogP contribution in [-0.2, 0) is 11.0 Å². The van der Waals surface area contributed by atoms with Crippen molar-refractivity contribution in [1.82, 2.24) is 0 Å². The van der Waals surface area contributed by atoms with Crippen LogP contribution in [0.15, 0.2) is 59.7 Å². The van der Waals surface area contributed by atoms with E-state index in [1.165, 1.54) is 19.1 Å². The minimum Gasteiger partial charge on any atom is -0.355 e. The highest BCUT2D eigenvalue weighted by molar-refractivity contribution is 6.26. The number of para-hydroxylation sites is 1. The third kappa shape index (κ3) is 2.88. The van der Waals surface area contributed by atoms with Crippen LogP contribution in [0.5, 0.6) is 0 Å². The number of anilines is 2. The normalized spacial score (nSPS) is 19.9. The van der Waals surface area contributed by atoms with Gasteiger partial charge in [0.1, 0.15) is 6.07 Å². The molecule has 132 valence electrons. The lowest BCUT2D eigenvalue weighted by atomic mass is 9.95. The molecule has 1 aliphatic rings. The Hall–Kier alpha value is -3.34. The van der Waals surface area contributed by atoms with E-state index in [9.17, 15) is 23.2 Å². The van der Waals surface area contributed by atoms with Gasteiger partial charge in [-0.2, -0.15) is 28.5 Å². The molecule has 1 atom stereocenters. The summed E-state index contributed by atoms with van der Waals surface area (Å²) < 4.78 is 38.0. The van der Waals surface area contributed by atoms with Crippen molar-refractivity contribution in [3.05, 3.63) is 60.2 Å². The van der Waals surface area contributed by atoms with Gasteiger partial charge in [0.15, 0.2) is 0 Å². The van der Waals surface area contributed by atoms with Crippen LogP contribution in [0.4, 0.5) is 24.5 Å². The number of carbonyl (C=O) groups excluding carboxylic acids is 1. The zero-order chi connectivity index (χ0) is 18.9. The number of halogens is 3. The Bertz CT molecular complexity index is 901. The zero-order valence-electron chi connectivity index (χ0n) is 13.6. The fraction of sp³-hybridized carbons (Fsp3) is 0.167. The average molecular weight is 358 g/mol. The zero-order valence-corrected chi connectivity index (χ0v) is 13.6. The number of amides is 1. The van der Waals surface area contributed by atoms with Gasteiger partial charge in [-0.05, 0) is 43.3 Å². The van der Waals surface area contributed by atoms with E-state index in [1.54, 1.807) is 30.3 Å². The molecule has 0 spiro atoms. The van der Waals surface area contributed by atoms with Crippen molar-refractivity contribution < 1.29 is 18.0 Å². The molecule has 1 N–H and O–H groups in total. The highest BCUT2D eigenvalue weighted by Gasteiger charge is 2.50. The molecule has 0 aromatic heterocycles. The summed E-state index contributed by atoms with van der Waals surface area (Å²) in [5, 5.41) is 17.6. The lowest BCUT2D eigenvalue weighted by Gasteiger charge is -2.23. The summed E-state index contributed by atoms with van der Waals surface area (Å²) in [4.78, 5) is 12.8. The third-order valence-electron chi connectivity index (χ3n) is 4.02. The topological polar surface area (TPSA) is 68.5 Å². The van der Waals surface area contributed by atoms with Gasteiger partial charge in [-0.3, -0.25) is 4.79 Å². The standard InChI is InChI=1S/C18H13F3N4O/c1-12-17(11-22,16(26)25(24-12)15-5-3-2-4-6-15)23-14-9-7-13(8-10-14)18(19,20)21/h2-10,23H,1H3/t17-/m0/s1. The molecule has 1 amide bonds. The molecule has 5 nitrogen and oxygen atoms in total. The first kappa shape index (κ1) is 17.5. The monoisotopic (exact) mass is 358 g/mol. The van der Waals surface area contributed by atoms with E-state index in [0.717, 1.165) is 17.1 Å². The van der Waals surface area contributed by atoms with Crippen LogP contribution in [0.3, 0.4) is 0 Å². The van der Waals surface area contributed by atoms with Crippen LogP contribution in [0.25, 0.3) is 0 Å². The first-order chi connectivity index (χ1) is 12.3. The lowest BCUT2D eigenvalue weighted by Crippen LogP contribution is -2.51.